The van der Waals surface area contributed by atoms with Gasteiger partial charge in [0.1, 0.15) is 23.0 Å². The monoisotopic (exact) mass is 364 g/mol. The molecule has 27 heavy (non-hydrogen) atoms. The first-order valence-electron chi connectivity index (χ1n) is 8.57. The minimum atomic E-state index is 0.479. The topological polar surface area (TPSA) is 75.2 Å². The molecule has 1 aromatic carbocycles. The van der Waals surface area contributed by atoms with Crippen molar-refractivity contribution in [1.82, 2.24) is 19.7 Å². The zero-order valence-electron chi connectivity index (χ0n) is 15.7. The Labute approximate surface area is 156 Å². The van der Waals surface area contributed by atoms with Crippen LogP contribution in [0, 0.1) is 13.8 Å². The highest BCUT2D eigenvalue weighted by Crippen LogP contribution is 2.38. The number of aromatic nitrogens is 4. The maximum Gasteiger partial charge on any atom is 0.230 e. The van der Waals surface area contributed by atoms with Crippen molar-refractivity contribution in [3.63, 3.8) is 0 Å². The number of rotatable bonds is 5. The summed E-state index contributed by atoms with van der Waals surface area (Å²) in [6, 6.07) is 7.66. The summed E-state index contributed by atoms with van der Waals surface area (Å²) in [6.07, 6.45) is 3.56. The third-order valence-electron chi connectivity index (χ3n) is 4.60. The second-order valence-electron chi connectivity index (χ2n) is 6.21. The van der Waals surface area contributed by atoms with E-state index in [-0.39, 0.29) is 0 Å². The first-order chi connectivity index (χ1) is 13.1. The van der Waals surface area contributed by atoms with Crippen LogP contribution in [0.25, 0.3) is 22.5 Å². The average Bonchev–Trinajstić information content (AvgIpc) is 3.26. The second-order valence-corrected chi connectivity index (χ2v) is 6.21. The van der Waals surface area contributed by atoms with Crippen molar-refractivity contribution in [3.05, 3.63) is 53.7 Å². The van der Waals surface area contributed by atoms with Crippen LogP contribution in [0.2, 0.25) is 0 Å². The molecule has 0 saturated carbocycles. The summed E-state index contributed by atoms with van der Waals surface area (Å²) in [4.78, 5) is 9.09. The molecule has 3 heterocycles. The second kappa shape index (κ2) is 6.75. The maximum absolute atomic E-state index is 5.94. The quantitative estimate of drug-likeness (QED) is 0.537. The molecular formula is C20H20N4O3. The van der Waals surface area contributed by atoms with Crippen molar-refractivity contribution in [2.75, 3.05) is 14.2 Å². The highest BCUT2D eigenvalue weighted by atomic mass is 16.5. The van der Waals surface area contributed by atoms with Crippen LogP contribution in [-0.2, 0) is 6.54 Å². The predicted molar refractivity (Wildman–Crippen MR) is 101 cm³/mol. The van der Waals surface area contributed by atoms with E-state index in [2.05, 4.69) is 10.1 Å². The number of hydrogen-bond acceptors (Lipinski definition) is 6. The molecule has 0 aliphatic heterocycles. The standard InChI is InChI=1S/C20H20N4O3/c1-12-17(25-3)8-7-15(18(12)26-4)20-23-16(13(2)27-20)11-24-19-14(10-22-24)6-5-9-21-19/h5-10H,11H2,1-4H3. The smallest absolute Gasteiger partial charge is 0.230 e. The Morgan fingerprint density at radius 1 is 1.11 bits per heavy atom. The molecule has 0 aliphatic carbocycles. The highest BCUT2D eigenvalue weighted by molar-refractivity contribution is 5.74. The van der Waals surface area contributed by atoms with Gasteiger partial charge in [0.25, 0.3) is 0 Å². The number of hydrogen-bond donors (Lipinski definition) is 0. The fourth-order valence-electron chi connectivity index (χ4n) is 3.19. The highest BCUT2D eigenvalue weighted by Gasteiger charge is 2.19. The summed E-state index contributed by atoms with van der Waals surface area (Å²) in [6.45, 7) is 4.32. The molecule has 0 atom stereocenters. The van der Waals surface area contributed by atoms with Crippen molar-refractivity contribution < 1.29 is 13.9 Å². The van der Waals surface area contributed by atoms with Gasteiger partial charge in [-0.05, 0) is 38.1 Å². The summed E-state index contributed by atoms with van der Waals surface area (Å²) in [5.41, 5.74) is 3.31. The van der Waals surface area contributed by atoms with Gasteiger partial charge in [-0.1, -0.05) is 0 Å². The van der Waals surface area contributed by atoms with Crippen molar-refractivity contribution >= 4 is 11.0 Å². The molecule has 0 N–H and O–H groups in total. The van der Waals surface area contributed by atoms with E-state index in [0.29, 0.717) is 18.2 Å². The van der Waals surface area contributed by atoms with Crippen LogP contribution >= 0.6 is 0 Å². The summed E-state index contributed by atoms with van der Waals surface area (Å²) in [5, 5.41) is 5.41. The number of aryl methyl sites for hydroxylation is 1. The largest absolute Gasteiger partial charge is 0.496 e. The number of methoxy groups -OCH3 is 2. The minimum absolute atomic E-state index is 0.479. The molecule has 0 aliphatic rings. The third kappa shape index (κ3) is 2.91. The van der Waals surface area contributed by atoms with E-state index < -0.39 is 0 Å². The van der Waals surface area contributed by atoms with Gasteiger partial charge in [0, 0.05) is 17.1 Å². The van der Waals surface area contributed by atoms with Crippen molar-refractivity contribution in [1.29, 1.82) is 0 Å². The first-order valence-corrected chi connectivity index (χ1v) is 8.57. The Kier molecular flexibility index (Phi) is 4.27. The van der Waals surface area contributed by atoms with Crippen molar-refractivity contribution in [2.24, 2.45) is 0 Å². The van der Waals surface area contributed by atoms with Crippen LogP contribution in [-0.4, -0.2) is 34.0 Å². The molecule has 4 rings (SSSR count). The SMILES string of the molecule is COc1ccc(-c2nc(Cn3ncc4cccnc43)c(C)o2)c(OC)c1C. The Hall–Kier alpha value is -3.35. The molecule has 3 aromatic heterocycles. The molecule has 0 unspecified atom stereocenters. The number of pyridine rings is 1. The van der Waals surface area contributed by atoms with Gasteiger partial charge < -0.3 is 13.9 Å². The molecule has 7 heteroatoms. The first kappa shape index (κ1) is 17.1. The molecule has 0 saturated heterocycles. The van der Waals surface area contributed by atoms with Crippen LogP contribution < -0.4 is 9.47 Å². The Bertz CT molecular complexity index is 1110. The lowest BCUT2D eigenvalue weighted by Gasteiger charge is -2.12. The van der Waals surface area contributed by atoms with Crippen LogP contribution in [0.3, 0.4) is 0 Å². The number of nitrogens with zero attached hydrogens (tertiary/aromatic N) is 4. The minimum Gasteiger partial charge on any atom is -0.496 e. The lowest BCUT2D eigenvalue weighted by Crippen LogP contribution is -2.04. The van der Waals surface area contributed by atoms with E-state index >= 15 is 0 Å². The summed E-state index contributed by atoms with van der Waals surface area (Å²) in [5.74, 6) is 2.69. The van der Waals surface area contributed by atoms with E-state index in [1.54, 1.807) is 26.6 Å². The zero-order chi connectivity index (χ0) is 19.0. The molecule has 138 valence electrons. The number of oxazole rings is 1. The lowest BCUT2D eigenvalue weighted by molar-refractivity contribution is 0.388. The van der Waals surface area contributed by atoms with Gasteiger partial charge in [0.2, 0.25) is 5.89 Å². The van der Waals surface area contributed by atoms with E-state index in [0.717, 1.165) is 39.4 Å². The van der Waals surface area contributed by atoms with E-state index in [9.17, 15) is 0 Å². The van der Waals surface area contributed by atoms with E-state index in [4.69, 9.17) is 18.9 Å². The van der Waals surface area contributed by atoms with E-state index in [1.165, 1.54) is 0 Å². The van der Waals surface area contributed by atoms with Gasteiger partial charge in [0.05, 0.1) is 32.5 Å². The molecule has 0 radical (unpaired) electrons. The molecular weight excluding hydrogens is 344 g/mol. The third-order valence-corrected chi connectivity index (χ3v) is 4.60. The van der Waals surface area contributed by atoms with Crippen LogP contribution in [0.4, 0.5) is 0 Å². The molecule has 0 amide bonds. The van der Waals surface area contributed by atoms with E-state index in [1.807, 2.05) is 42.8 Å². The Balaban J connectivity index is 1.73. The number of fused-ring (bicyclic) bond motifs is 1. The predicted octanol–water partition coefficient (Wildman–Crippen LogP) is 3.77. The van der Waals surface area contributed by atoms with Gasteiger partial charge in [-0.25, -0.2) is 14.6 Å². The van der Waals surface area contributed by atoms with Gasteiger partial charge in [-0.2, -0.15) is 5.10 Å². The van der Waals surface area contributed by atoms with Gasteiger partial charge >= 0.3 is 0 Å². The fraction of sp³-hybridized carbons (Fsp3) is 0.250. The Morgan fingerprint density at radius 2 is 1.96 bits per heavy atom. The molecule has 4 aromatic rings. The molecule has 0 fully saturated rings. The van der Waals surface area contributed by atoms with Crippen LogP contribution in [0.5, 0.6) is 11.5 Å². The lowest BCUT2D eigenvalue weighted by atomic mass is 10.1. The summed E-state index contributed by atoms with van der Waals surface area (Å²) in [7, 11) is 3.26. The van der Waals surface area contributed by atoms with Crippen LogP contribution in [0.1, 0.15) is 17.0 Å². The van der Waals surface area contributed by atoms with Gasteiger partial charge in [-0.3, -0.25) is 0 Å². The van der Waals surface area contributed by atoms with Gasteiger partial charge in [0.15, 0.2) is 5.65 Å². The fourth-order valence-corrected chi connectivity index (χ4v) is 3.19. The maximum atomic E-state index is 5.94. The summed E-state index contributed by atoms with van der Waals surface area (Å²) < 4.78 is 18.7. The molecule has 7 nitrogen and oxygen atoms in total. The average molecular weight is 364 g/mol. The van der Waals surface area contributed by atoms with Gasteiger partial charge in [-0.15, -0.1) is 0 Å². The summed E-state index contributed by atoms with van der Waals surface area (Å²) >= 11 is 0. The number of benzene rings is 1. The van der Waals surface area contributed by atoms with Crippen LogP contribution in [0.15, 0.2) is 41.1 Å². The zero-order valence-corrected chi connectivity index (χ0v) is 15.7. The van der Waals surface area contributed by atoms with Crippen molar-refractivity contribution in [2.45, 2.75) is 20.4 Å². The number of ether oxygens (including phenoxy) is 2. The molecule has 0 spiro atoms. The molecule has 0 bridgehead atoms. The Morgan fingerprint density at radius 3 is 2.74 bits per heavy atom. The van der Waals surface area contributed by atoms with Crippen molar-refractivity contribution in [3.8, 4) is 23.0 Å². The normalized spacial score (nSPS) is 11.1.